The Kier molecular flexibility index (Phi) is 6.68. The molecule has 0 spiro atoms. The summed E-state index contributed by atoms with van der Waals surface area (Å²) in [7, 11) is 3.78. The van der Waals surface area contributed by atoms with E-state index in [1.807, 2.05) is 24.3 Å². The molecule has 0 aromatic heterocycles. The van der Waals surface area contributed by atoms with Gasteiger partial charge in [-0.1, -0.05) is 18.2 Å². The van der Waals surface area contributed by atoms with E-state index in [-0.39, 0.29) is 11.8 Å². The molecule has 0 saturated carbocycles. The molecule has 1 atom stereocenters. The molecule has 0 fully saturated rings. The quantitative estimate of drug-likeness (QED) is 0.742. The van der Waals surface area contributed by atoms with Gasteiger partial charge in [-0.15, -0.1) is 0 Å². The van der Waals surface area contributed by atoms with Gasteiger partial charge in [0, 0.05) is 38.9 Å². The summed E-state index contributed by atoms with van der Waals surface area (Å²) < 4.78 is 10.6. The van der Waals surface area contributed by atoms with Crippen molar-refractivity contribution in [2.75, 3.05) is 47.0 Å². The zero-order valence-corrected chi connectivity index (χ0v) is 13.5. The molecule has 0 aliphatic carbocycles. The number of hydrogen-bond acceptors (Lipinski definition) is 4. The molecule has 1 heterocycles. The number of fused-ring (bicyclic) bond motifs is 1. The molecule has 1 N–H and O–H groups in total. The minimum Gasteiger partial charge on any atom is -0.493 e. The van der Waals surface area contributed by atoms with E-state index in [4.69, 9.17) is 9.47 Å². The first-order valence-corrected chi connectivity index (χ1v) is 7.89. The monoisotopic (exact) mass is 306 g/mol. The van der Waals surface area contributed by atoms with Crippen molar-refractivity contribution in [2.24, 2.45) is 0 Å². The highest BCUT2D eigenvalue weighted by molar-refractivity contribution is 5.84. The van der Waals surface area contributed by atoms with Crippen LogP contribution >= 0.6 is 0 Å². The molecule has 1 aliphatic rings. The fourth-order valence-corrected chi connectivity index (χ4v) is 2.70. The number of para-hydroxylation sites is 1. The maximum atomic E-state index is 12.4. The van der Waals surface area contributed by atoms with Crippen molar-refractivity contribution in [1.29, 1.82) is 0 Å². The van der Waals surface area contributed by atoms with Crippen molar-refractivity contribution in [2.45, 2.75) is 18.8 Å². The normalized spacial score (nSPS) is 17.0. The van der Waals surface area contributed by atoms with E-state index < -0.39 is 0 Å². The van der Waals surface area contributed by atoms with Crippen LogP contribution < -0.4 is 10.1 Å². The largest absolute Gasteiger partial charge is 0.493 e. The highest BCUT2D eigenvalue weighted by Gasteiger charge is 2.26. The van der Waals surface area contributed by atoms with Crippen molar-refractivity contribution in [3.63, 3.8) is 0 Å². The lowest BCUT2D eigenvalue weighted by atomic mass is 9.92. The number of ether oxygens (including phenoxy) is 2. The molecule has 0 radical (unpaired) electrons. The van der Waals surface area contributed by atoms with Crippen LogP contribution in [0, 0.1) is 0 Å². The molecule has 1 aliphatic heterocycles. The van der Waals surface area contributed by atoms with Gasteiger partial charge in [0.1, 0.15) is 5.75 Å². The molecular weight excluding hydrogens is 280 g/mol. The number of carbonyl (C=O) groups excluding carboxylic acids is 1. The van der Waals surface area contributed by atoms with Crippen molar-refractivity contribution in [3.05, 3.63) is 29.8 Å². The second-order valence-electron chi connectivity index (χ2n) is 5.67. The van der Waals surface area contributed by atoms with Crippen LogP contribution in [0.15, 0.2) is 24.3 Å². The molecule has 5 nitrogen and oxygen atoms in total. The van der Waals surface area contributed by atoms with Crippen LogP contribution in [-0.4, -0.2) is 57.8 Å². The number of nitrogens with one attached hydrogen (secondary N) is 1. The van der Waals surface area contributed by atoms with Crippen LogP contribution in [0.4, 0.5) is 0 Å². The van der Waals surface area contributed by atoms with Crippen LogP contribution in [0.3, 0.4) is 0 Å². The lowest BCUT2D eigenvalue weighted by molar-refractivity contribution is -0.123. The lowest BCUT2D eigenvalue weighted by Crippen LogP contribution is -2.37. The zero-order valence-electron chi connectivity index (χ0n) is 13.5. The number of carbonyl (C=O) groups is 1. The third-order valence-corrected chi connectivity index (χ3v) is 3.96. The SMILES string of the molecule is COCCCN(C)CCNC(=O)[C@H]1CCOc2ccccc21. The van der Waals surface area contributed by atoms with Gasteiger partial charge in [-0.2, -0.15) is 0 Å². The molecule has 0 unspecified atom stereocenters. The number of methoxy groups -OCH3 is 1. The summed E-state index contributed by atoms with van der Waals surface area (Å²) in [5.74, 6) is 0.843. The second-order valence-corrected chi connectivity index (χ2v) is 5.67. The Hall–Kier alpha value is -1.59. The van der Waals surface area contributed by atoms with Crippen molar-refractivity contribution >= 4 is 5.91 Å². The molecule has 1 aromatic carbocycles. The first-order valence-electron chi connectivity index (χ1n) is 7.89. The summed E-state index contributed by atoms with van der Waals surface area (Å²) in [6.45, 7) is 3.87. The summed E-state index contributed by atoms with van der Waals surface area (Å²) in [6.07, 6.45) is 1.75. The zero-order chi connectivity index (χ0) is 15.8. The Morgan fingerprint density at radius 3 is 3.05 bits per heavy atom. The van der Waals surface area contributed by atoms with Gasteiger partial charge in [0.05, 0.1) is 12.5 Å². The predicted molar refractivity (Wildman–Crippen MR) is 86.3 cm³/mol. The number of likely N-dealkylation sites (N-methyl/N-ethyl adjacent to an activating group) is 1. The molecule has 1 aromatic rings. The fraction of sp³-hybridized carbons (Fsp3) is 0.588. The Labute approximate surface area is 132 Å². The molecular formula is C17H26N2O3. The number of hydrogen-bond donors (Lipinski definition) is 1. The van der Waals surface area contributed by atoms with E-state index in [0.29, 0.717) is 13.2 Å². The Morgan fingerprint density at radius 2 is 2.23 bits per heavy atom. The average Bonchev–Trinajstić information content (AvgIpc) is 2.54. The van der Waals surface area contributed by atoms with E-state index in [1.54, 1.807) is 7.11 Å². The number of rotatable bonds is 8. The minimum absolute atomic E-state index is 0.0938. The maximum absolute atomic E-state index is 12.4. The van der Waals surface area contributed by atoms with Gasteiger partial charge in [0.2, 0.25) is 5.91 Å². The predicted octanol–water partition coefficient (Wildman–Crippen LogP) is 1.64. The Balaban J connectivity index is 1.76. The maximum Gasteiger partial charge on any atom is 0.227 e. The number of benzene rings is 1. The molecule has 1 amide bonds. The van der Waals surface area contributed by atoms with Crippen molar-refractivity contribution in [1.82, 2.24) is 10.2 Å². The van der Waals surface area contributed by atoms with Crippen LogP contribution in [0.2, 0.25) is 0 Å². The van der Waals surface area contributed by atoms with Gasteiger partial charge in [-0.25, -0.2) is 0 Å². The van der Waals surface area contributed by atoms with E-state index in [1.165, 1.54) is 0 Å². The van der Waals surface area contributed by atoms with Crippen molar-refractivity contribution < 1.29 is 14.3 Å². The second kappa shape index (κ2) is 8.76. The summed E-state index contributed by atoms with van der Waals surface area (Å²) in [6, 6.07) is 7.80. The van der Waals surface area contributed by atoms with Crippen LogP contribution in [-0.2, 0) is 9.53 Å². The van der Waals surface area contributed by atoms with Gasteiger partial charge >= 0.3 is 0 Å². The third kappa shape index (κ3) is 4.71. The summed E-state index contributed by atoms with van der Waals surface area (Å²) >= 11 is 0. The molecule has 122 valence electrons. The Morgan fingerprint density at radius 1 is 1.41 bits per heavy atom. The van der Waals surface area contributed by atoms with E-state index in [9.17, 15) is 4.79 Å². The average molecular weight is 306 g/mol. The van der Waals surface area contributed by atoms with Gasteiger partial charge < -0.3 is 19.7 Å². The van der Waals surface area contributed by atoms with Crippen molar-refractivity contribution in [3.8, 4) is 5.75 Å². The summed E-state index contributed by atoms with van der Waals surface area (Å²) in [5, 5.41) is 3.05. The third-order valence-electron chi connectivity index (χ3n) is 3.96. The number of amides is 1. The molecule has 0 saturated heterocycles. The van der Waals surface area contributed by atoms with Gasteiger partial charge in [0.25, 0.3) is 0 Å². The first-order chi connectivity index (χ1) is 10.7. The standard InChI is InChI=1S/C17H26N2O3/c1-19(10-5-12-21-2)11-9-18-17(20)15-8-13-22-16-7-4-3-6-14(15)16/h3-4,6-7,15H,5,8-13H2,1-2H3,(H,18,20)/t15-/m0/s1. The first kappa shape index (κ1) is 16.8. The van der Waals surface area contributed by atoms with E-state index in [2.05, 4.69) is 17.3 Å². The molecule has 22 heavy (non-hydrogen) atoms. The molecule has 2 rings (SSSR count). The van der Waals surface area contributed by atoms with Gasteiger partial charge in [0.15, 0.2) is 0 Å². The molecule has 0 bridgehead atoms. The van der Waals surface area contributed by atoms with Crippen LogP contribution in [0.25, 0.3) is 0 Å². The smallest absolute Gasteiger partial charge is 0.227 e. The minimum atomic E-state index is -0.0938. The van der Waals surface area contributed by atoms with Gasteiger partial charge in [-0.3, -0.25) is 4.79 Å². The lowest BCUT2D eigenvalue weighted by Gasteiger charge is -2.25. The van der Waals surface area contributed by atoms with Crippen LogP contribution in [0.5, 0.6) is 5.75 Å². The Bertz CT molecular complexity index is 479. The molecule has 5 heteroatoms. The topological polar surface area (TPSA) is 50.8 Å². The highest BCUT2D eigenvalue weighted by Crippen LogP contribution is 2.33. The summed E-state index contributed by atoms with van der Waals surface area (Å²) in [4.78, 5) is 14.6. The summed E-state index contributed by atoms with van der Waals surface area (Å²) in [5.41, 5.74) is 1.000. The van der Waals surface area contributed by atoms with Gasteiger partial charge in [-0.05, 0) is 26.0 Å². The fourth-order valence-electron chi connectivity index (χ4n) is 2.70. The highest BCUT2D eigenvalue weighted by atomic mass is 16.5. The van der Waals surface area contributed by atoms with E-state index in [0.717, 1.165) is 43.9 Å². The van der Waals surface area contributed by atoms with Crippen LogP contribution in [0.1, 0.15) is 24.3 Å². The van der Waals surface area contributed by atoms with E-state index >= 15 is 0 Å². The number of nitrogens with zero attached hydrogens (tertiary/aromatic N) is 1.